The van der Waals surface area contributed by atoms with E-state index in [1.165, 1.54) is 22.0 Å². The first-order valence-corrected chi connectivity index (χ1v) is 13.1. The highest BCUT2D eigenvalue weighted by molar-refractivity contribution is 8.00. The fourth-order valence-electron chi connectivity index (χ4n) is 3.15. The largest absolute Gasteiger partial charge is 0.479 e. The average Bonchev–Trinajstić information content (AvgIpc) is 3.24. The summed E-state index contributed by atoms with van der Waals surface area (Å²) < 4.78 is 10.5. The maximum atomic E-state index is 13.1. The summed E-state index contributed by atoms with van der Waals surface area (Å²) in [7, 11) is 0. The van der Waals surface area contributed by atoms with Crippen LogP contribution in [0.25, 0.3) is 0 Å². The van der Waals surface area contributed by atoms with E-state index in [2.05, 4.69) is 15.5 Å². The number of thioether (sulfide) groups is 1. The van der Waals surface area contributed by atoms with Crippen LogP contribution >= 0.6 is 35.3 Å². The molecule has 4 N–H and O–H groups in total. The zero-order valence-electron chi connectivity index (χ0n) is 20.3. The Labute approximate surface area is 225 Å². The van der Waals surface area contributed by atoms with Crippen LogP contribution in [0.15, 0.2) is 21.8 Å². The van der Waals surface area contributed by atoms with Gasteiger partial charge in [-0.05, 0) is 45.5 Å². The van der Waals surface area contributed by atoms with Gasteiger partial charge in [-0.1, -0.05) is 5.16 Å². The number of hydrogen-bond acceptors (Lipinski definition) is 13. The number of thiocarbonyl (C=S) groups is 1. The third-order valence-corrected chi connectivity index (χ3v) is 7.36. The summed E-state index contributed by atoms with van der Waals surface area (Å²) in [5, 5.41) is 16.1. The van der Waals surface area contributed by atoms with E-state index in [0.717, 1.165) is 16.9 Å². The lowest BCUT2D eigenvalue weighted by Gasteiger charge is -2.50. The molecule has 3 heterocycles. The molecule has 1 unspecified atom stereocenters. The molecule has 2 aliphatic rings. The first-order valence-electron chi connectivity index (χ1n) is 10.7. The summed E-state index contributed by atoms with van der Waals surface area (Å²) in [6, 6.07) is -0.928. The minimum atomic E-state index is -1.29. The number of carboxylic acids is 1. The molecule has 0 aliphatic carbocycles. The number of anilines is 1. The van der Waals surface area contributed by atoms with Crippen molar-refractivity contribution < 1.29 is 38.6 Å². The Bertz CT molecular complexity index is 1190. The van der Waals surface area contributed by atoms with Crippen molar-refractivity contribution in [2.75, 3.05) is 24.9 Å². The molecule has 1 fully saturated rings. The fourth-order valence-corrected chi connectivity index (χ4v) is 5.31. The standard InChI is InChI=1S/C21H25N5O8S3/c1-9-6-36-17-13(16(30)26(17)14(9)18(35)32-8-33-19(31)21(2,3)4)24-15(29)12(25-34-5-11(27)28)10-7-37-20(22)23-10/h7,13,17H,5-6,8H2,1-4H3,(H2,22,23)(H,24,29)(H,27,28)/t13?,17-/m1/s1. The second-order valence-corrected chi connectivity index (χ2v) is 11.3. The van der Waals surface area contributed by atoms with E-state index in [0.29, 0.717) is 11.4 Å². The zero-order valence-corrected chi connectivity index (χ0v) is 22.8. The Morgan fingerprint density at radius 2 is 2.05 bits per heavy atom. The maximum absolute atomic E-state index is 13.1. The van der Waals surface area contributed by atoms with Crippen molar-refractivity contribution in [3.05, 3.63) is 22.3 Å². The van der Waals surface area contributed by atoms with Crippen LogP contribution in [-0.2, 0) is 33.5 Å². The molecule has 2 amide bonds. The Morgan fingerprint density at radius 1 is 1.35 bits per heavy atom. The van der Waals surface area contributed by atoms with Crippen LogP contribution in [0.2, 0.25) is 0 Å². The van der Waals surface area contributed by atoms with Gasteiger partial charge >= 0.3 is 11.9 Å². The van der Waals surface area contributed by atoms with Crippen molar-refractivity contribution >= 4 is 75.0 Å². The number of nitrogens with two attached hydrogens (primary N) is 1. The number of nitrogens with zero attached hydrogens (tertiary/aromatic N) is 3. The van der Waals surface area contributed by atoms with Gasteiger partial charge < -0.3 is 30.5 Å². The number of nitrogen functional groups attached to an aromatic ring is 1. The SMILES string of the molecule is CC1=C(C(=S)OCOC(=O)C(C)(C)C)N2C(=O)C(NC(=O)C(=NOCC(=O)O)c3csc(N)n3)[C@H]2SC1. The third-order valence-electron chi connectivity index (χ3n) is 4.95. The van der Waals surface area contributed by atoms with Gasteiger partial charge in [0.15, 0.2) is 10.8 Å². The van der Waals surface area contributed by atoms with Crippen molar-refractivity contribution in [1.82, 2.24) is 15.2 Å². The van der Waals surface area contributed by atoms with Gasteiger partial charge in [0.2, 0.25) is 18.5 Å². The molecule has 1 aromatic heterocycles. The van der Waals surface area contributed by atoms with Crippen LogP contribution in [0, 0.1) is 5.41 Å². The molecule has 200 valence electrons. The van der Waals surface area contributed by atoms with E-state index < -0.39 is 54.0 Å². The number of carbonyl (C=O) groups is 4. The van der Waals surface area contributed by atoms with Crippen molar-refractivity contribution in [3.8, 4) is 0 Å². The summed E-state index contributed by atoms with van der Waals surface area (Å²) in [6.07, 6.45) is 0. The van der Waals surface area contributed by atoms with Crippen molar-refractivity contribution in [3.63, 3.8) is 0 Å². The fraction of sp³-hybridized carbons (Fsp3) is 0.476. The van der Waals surface area contributed by atoms with Gasteiger partial charge in [0.05, 0.1) is 11.1 Å². The highest BCUT2D eigenvalue weighted by Gasteiger charge is 2.53. The quantitative estimate of drug-likeness (QED) is 0.0959. The lowest BCUT2D eigenvalue weighted by molar-refractivity contribution is -0.160. The molecule has 13 nitrogen and oxygen atoms in total. The number of aliphatic carboxylic acids is 1. The molecule has 3 rings (SSSR count). The van der Waals surface area contributed by atoms with Gasteiger partial charge in [-0.2, -0.15) is 0 Å². The van der Waals surface area contributed by atoms with Gasteiger partial charge in [0.25, 0.3) is 11.8 Å². The molecule has 0 saturated carbocycles. The summed E-state index contributed by atoms with van der Waals surface area (Å²) in [5.74, 6) is -2.48. The summed E-state index contributed by atoms with van der Waals surface area (Å²) >= 11 is 7.81. The van der Waals surface area contributed by atoms with Crippen LogP contribution in [0.1, 0.15) is 33.4 Å². The molecule has 0 radical (unpaired) electrons. The lowest BCUT2D eigenvalue weighted by Crippen LogP contribution is -2.71. The molecule has 1 saturated heterocycles. The smallest absolute Gasteiger partial charge is 0.344 e. The Kier molecular flexibility index (Phi) is 8.76. The number of β-lactam (4-membered cyclic amide) rings is 1. The lowest BCUT2D eigenvalue weighted by atomic mass is 9.98. The van der Waals surface area contributed by atoms with Gasteiger partial charge in [-0.25, -0.2) is 9.78 Å². The number of hydrogen-bond donors (Lipinski definition) is 3. The number of thiazole rings is 1. The van der Waals surface area contributed by atoms with E-state index in [4.69, 9.17) is 37.4 Å². The number of esters is 1. The number of fused-ring (bicyclic) bond motifs is 1. The highest BCUT2D eigenvalue weighted by Crippen LogP contribution is 2.40. The summed E-state index contributed by atoms with van der Waals surface area (Å²) in [5.41, 5.74) is 5.84. The molecule has 0 aromatic carbocycles. The van der Waals surface area contributed by atoms with Crippen LogP contribution in [0.3, 0.4) is 0 Å². The monoisotopic (exact) mass is 571 g/mol. The van der Waals surface area contributed by atoms with Crippen molar-refractivity contribution in [2.24, 2.45) is 10.6 Å². The molecular weight excluding hydrogens is 546 g/mol. The number of carbonyl (C=O) groups excluding carboxylic acids is 3. The first kappa shape index (κ1) is 28.3. The molecule has 16 heteroatoms. The highest BCUT2D eigenvalue weighted by atomic mass is 32.2. The zero-order chi connectivity index (χ0) is 27.5. The number of oxime groups is 1. The second-order valence-electron chi connectivity index (χ2n) is 8.90. The molecular formula is C21H25N5O8S3. The van der Waals surface area contributed by atoms with E-state index in [-0.39, 0.29) is 21.6 Å². The predicted molar refractivity (Wildman–Crippen MR) is 138 cm³/mol. The molecule has 0 bridgehead atoms. The van der Waals surface area contributed by atoms with Gasteiger partial charge in [0, 0.05) is 11.1 Å². The maximum Gasteiger partial charge on any atom is 0.344 e. The van der Waals surface area contributed by atoms with Gasteiger partial charge in [0.1, 0.15) is 17.1 Å². The normalized spacial score (nSPS) is 19.5. The van der Waals surface area contributed by atoms with Crippen molar-refractivity contribution in [1.29, 1.82) is 0 Å². The van der Waals surface area contributed by atoms with E-state index in [1.54, 1.807) is 27.7 Å². The summed E-state index contributed by atoms with van der Waals surface area (Å²) in [6.45, 7) is 5.72. The third kappa shape index (κ3) is 6.56. The second kappa shape index (κ2) is 11.4. The minimum Gasteiger partial charge on any atom is -0.479 e. The van der Waals surface area contributed by atoms with Crippen LogP contribution in [0.4, 0.5) is 5.13 Å². The van der Waals surface area contributed by atoms with Gasteiger partial charge in [-0.15, -0.1) is 23.1 Å². The number of ether oxygens (including phenoxy) is 2. The number of rotatable bonds is 9. The van der Waals surface area contributed by atoms with Crippen molar-refractivity contribution in [2.45, 2.75) is 39.1 Å². The van der Waals surface area contributed by atoms with Gasteiger partial charge in [-0.3, -0.25) is 19.3 Å². The predicted octanol–water partition coefficient (Wildman–Crippen LogP) is 1.10. The summed E-state index contributed by atoms with van der Waals surface area (Å²) in [4.78, 5) is 58.8. The van der Waals surface area contributed by atoms with Crippen LogP contribution in [0.5, 0.6) is 0 Å². The van der Waals surface area contributed by atoms with Crippen LogP contribution in [-0.4, -0.2) is 80.1 Å². The van der Waals surface area contributed by atoms with E-state index in [1.807, 2.05) is 0 Å². The Morgan fingerprint density at radius 3 is 2.65 bits per heavy atom. The number of carboxylic acid groups (broad SMARTS) is 1. The number of aromatic nitrogens is 1. The first-order chi connectivity index (χ1) is 17.3. The topological polar surface area (TPSA) is 183 Å². The Hall–Kier alpha value is -3.24. The molecule has 0 spiro atoms. The number of nitrogens with one attached hydrogen (secondary N) is 1. The van der Waals surface area contributed by atoms with Crippen LogP contribution < -0.4 is 11.1 Å². The molecule has 2 atom stereocenters. The molecule has 37 heavy (non-hydrogen) atoms. The van der Waals surface area contributed by atoms with E-state index in [9.17, 15) is 19.2 Å². The molecule has 2 aliphatic heterocycles. The minimum absolute atomic E-state index is 0.00935. The number of amides is 2. The average molecular weight is 572 g/mol. The Balaban J connectivity index is 1.69. The molecule has 1 aromatic rings. The van der Waals surface area contributed by atoms with E-state index >= 15 is 0 Å².